The van der Waals surface area contributed by atoms with Gasteiger partial charge in [0.2, 0.25) is 0 Å². The minimum atomic E-state index is 0.247. The van der Waals surface area contributed by atoms with Crippen LogP contribution >= 0.6 is 27.3 Å². The molecule has 24 heavy (non-hydrogen) atoms. The molecule has 1 unspecified atom stereocenters. The molecule has 1 aliphatic rings. The average Bonchev–Trinajstić information content (AvgIpc) is 3.33. The molecule has 2 aromatic rings. The van der Waals surface area contributed by atoms with Gasteiger partial charge in [0, 0.05) is 28.3 Å². The van der Waals surface area contributed by atoms with Gasteiger partial charge in [0.15, 0.2) is 5.96 Å². The molecule has 0 spiro atoms. The number of guanidine groups is 1. The number of nitrogens with zero attached hydrogens (tertiary/aromatic N) is 2. The Morgan fingerprint density at radius 3 is 2.88 bits per heavy atom. The summed E-state index contributed by atoms with van der Waals surface area (Å²) in [6, 6.07) is 6.39. The van der Waals surface area contributed by atoms with Crippen molar-refractivity contribution in [3.63, 3.8) is 0 Å². The van der Waals surface area contributed by atoms with Crippen LogP contribution in [0.25, 0.3) is 0 Å². The molecule has 130 valence electrons. The molecule has 0 saturated carbocycles. The fourth-order valence-corrected chi connectivity index (χ4v) is 4.37. The van der Waals surface area contributed by atoms with E-state index in [1.165, 1.54) is 17.7 Å². The van der Waals surface area contributed by atoms with E-state index in [0.717, 1.165) is 42.4 Å². The monoisotopic (exact) mass is 410 g/mol. The fourth-order valence-electron chi connectivity index (χ4n) is 2.98. The van der Waals surface area contributed by atoms with Crippen molar-refractivity contribution in [2.45, 2.75) is 25.4 Å². The molecule has 1 atom stereocenters. The van der Waals surface area contributed by atoms with Crippen LogP contribution in [0.5, 0.6) is 0 Å². The smallest absolute Gasteiger partial charge is 0.191 e. The maximum absolute atomic E-state index is 5.66. The summed E-state index contributed by atoms with van der Waals surface area (Å²) in [4.78, 5) is 8.08. The molecule has 5 nitrogen and oxygen atoms in total. The molecule has 0 bridgehead atoms. The number of likely N-dealkylation sites (tertiary alicyclic amines) is 1. The third-order valence-corrected chi connectivity index (χ3v) is 5.89. The Morgan fingerprint density at radius 2 is 2.25 bits per heavy atom. The molecule has 1 fully saturated rings. The Balaban J connectivity index is 1.56. The summed E-state index contributed by atoms with van der Waals surface area (Å²) in [5.74, 6) is 1.83. The first kappa shape index (κ1) is 17.5. The van der Waals surface area contributed by atoms with Gasteiger partial charge in [-0.25, -0.2) is 0 Å². The van der Waals surface area contributed by atoms with Crippen LogP contribution in [0.1, 0.15) is 29.5 Å². The van der Waals surface area contributed by atoms with E-state index in [9.17, 15) is 0 Å². The molecular weight excluding hydrogens is 388 g/mol. The van der Waals surface area contributed by atoms with Crippen molar-refractivity contribution >= 4 is 33.2 Å². The van der Waals surface area contributed by atoms with E-state index >= 15 is 0 Å². The molecule has 2 N–H and O–H groups in total. The van der Waals surface area contributed by atoms with Crippen LogP contribution in [0, 0.1) is 0 Å². The normalized spacial score (nSPS) is 17.2. The van der Waals surface area contributed by atoms with Gasteiger partial charge in [0.05, 0.1) is 18.8 Å². The predicted octanol–water partition coefficient (Wildman–Crippen LogP) is 3.61. The third-order valence-electron chi connectivity index (χ3n) is 4.19. The molecule has 0 aliphatic carbocycles. The number of rotatable bonds is 6. The van der Waals surface area contributed by atoms with E-state index < -0.39 is 0 Å². The SMILES string of the molecule is CN=C(NCc1cc(Br)cs1)NCC(c1ccco1)N1CCCC1. The number of nitrogens with one attached hydrogen (secondary N) is 2. The second-order valence-electron chi connectivity index (χ2n) is 5.81. The average molecular weight is 411 g/mol. The van der Waals surface area contributed by atoms with E-state index in [1.807, 2.05) is 6.07 Å². The van der Waals surface area contributed by atoms with Crippen molar-refractivity contribution in [1.29, 1.82) is 0 Å². The van der Waals surface area contributed by atoms with Gasteiger partial charge in [-0.1, -0.05) is 0 Å². The number of thiophene rings is 1. The van der Waals surface area contributed by atoms with Crippen LogP contribution in [0.4, 0.5) is 0 Å². The van der Waals surface area contributed by atoms with Gasteiger partial charge in [-0.2, -0.15) is 0 Å². The van der Waals surface area contributed by atoms with E-state index in [0.29, 0.717) is 0 Å². The molecule has 3 rings (SSSR count). The van der Waals surface area contributed by atoms with Crippen LogP contribution in [-0.4, -0.2) is 37.5 Å². The Bertz CT molecular complexity index is 649. The standard InChI is InChI=1S/C17H23BrN4OS/c1-19-17(20-10-14-9-13(18)12-24-14)21-11-15(16-5-4-8-23-16)22-6-2-3-7-22/h4-5,8-9,12,15H,2-3,6-7,10-11H2,1H3,(H2,19,20,21). The largest absolute Gasteiger partial charge is 0.468 e. The van der Waals surface area contributed by atoms with Crippen molar-refractivity contribution < 1.29 is 4.42 Å². The Labute approximate surface area is 155 Å². The van der Waals surface area contributed by atoms with E-state index in [4.69, 9.17) is 4.42 Å². The minimum Gasteiger partial charge on any atom is -0.468 e. The van der Waals surface area contributed by atoms with Crippen molar-refractivity contribution in [1.82, 2.24) is 15.5 Å². The zero-order chi connectivity index (χ0) is 16.8. The van der Waals surface area contributed by atoms with Gasteiger partial charge < -0.3 is 15.1 Å². The summed E-state index contributed by atoms with van der Waals surface area (Å²) in [7, 11) is 1.80. The Morgan fingerprint density at radius 1 is 1.42 bits per heavy atom. The number of halogens is 1. The maximum Gasteiger partial charge on any atom is 0.191 e. The number of furan rings is 1. The lowest BCUT2D eigenvalue weighted by atomic mass is 10.2. The van der Waals surface area contributed by atoms with Crippen LogP contribution in [0.3, 0.4) is 0 Å². The lowest BCUT2D eigenvalue weighted by Gasteiger charge is -2.26. The molecule has 7 heteroatoms. The highest BCUT2D eigenvalue weighted by Gasteiger charge is 2.25. The molecule has 1 saturated heterocycles. The van der Waals surface area contributed by atoms with Crippen LogP contribution in [0.15, 0.2) is 43.7 Å². The zero-order valence-electron chi connectivity index (χ0n) is 13.8. The van der Waals surface area contributed by atoms with Crippen LogP contribution in [-0.2, 0) is 6.54 Å². The van der Waals surface area contributed by atoms with Crippen molar-refractivity contribution in [2.24, 2.45) is 4.99 Å². The summed E-state index contributed by atoms with van der Waals surface area (Å²) in [5, 5.41) is 8.90. The van der Waals surface area contributed by atoms with Crippen molar-refractivity contribution in [3.05, 3.63) is 45.0 Å². The van der Waals surface area contributed by atoms with Gasteiger partial charge >= 0.3 is 0 Å². The van der Waals surface area contributed by atoms with E-state index in [1.54, 1.807) is 24.6 Å². The van der Waals surface area contributed by atoms with Gasteiger partial charge in [-0.05, 0) is 60.1 Å². The first-order chi connectivity index (χ1) is 11.8. The maximum atomic E-state index is 5.66. The second-order valence-corrected chi connectivity index (χ2v) is 7.72. The number of aliphatic imine (C=N–C) groups is 1. The zero-order valence-corrected chi connectivity index (χ0v) is 16.2. The molecular formula is C17H23BrN4OS. The molecule has 3 heterocycles. The third kappa shape index (κ3) is 4.62. The minimum absolute atomic E-state index is 0.247. The lowest BCUT2D eigenvalue weighted by Crippen LogP contribution is -2.42. The van der Waals surface area contributed by atoms with Gasteiger partial charge in [-0.15, -0.1) is 11.3 Å². The molecule has 0 radical (unpaired) electrons. The fraction of sp³-hybridized carbons (Fsp3) is 0.471. The first-order valence-corrected chi connectivity index (χ1v) is 9.88. The van der Waals surface area contributed by atoms with Crippen LogP contribution in [0.2, 0.25) is 0 Å². The second kappa shape index (κ2) is 8.69. The Kier molecular flexibility index (Phi) is 6.34. The quantitative estimate of drug-likeness (QED) is 0.564. The Hall–Kier alpha value is -1.31. The summed E-state index contributed by atoms with van der Waals surface area (Å²) < 4.78 is 6.78. The molecule has 0 aromatic carbocycles. The summed E-state index contributed by atoms with van der Waals surface area (Å²) in [6.07, 6.45) is 4.27. The molecule has 1 aliphatic heterocycles. The first-order valence-electron chi connectivity index (χ1n) is 8.21. The summed E-state index contributed by atoms with van der Waals surface area (Å²) >= 11 is 5.22. The van der Waals surface area contributed by atoms with E-state index in [-0.39, 0.29) is 6.04 Å². The molecule has 0 amide bonds. The highest BCUT2D eigenvalue weighted by Crippen LogP contribution is 2.25. The number of hydrogen-bond donors (Lipinski definition) is 2. The highest BCUT2D eigenvalue weighted by molar-refractivity contribution is 9.10. The lowest BCUT2D eigenvalue weighted by molar-refractivity contribution is 0.215. The summed E-state index contributed by atoms with van der Waals surface area (Å²) in [6.45, 7) is 3.80. The molecule has 2 aromatic heterocycles. The topological polar surface area (TPSA) is 52.8 Å². The predicted molar refractivity (Wildman–Crippen MR) is 102 cm³/mol. The van der Waals surface area contributed by atoms with Crippen LogP contribution < -0.4 is 10.6 Å². The number of hydrogen-bond acceptors (Lipinski definition) is 4. The summed E-state index contributed by atoms with van der Waals surface area (Å²) in [5.41, 5.74) is 0. The van der Waals surface area contributed by atoms with Gasteiger partial charge in [-0.3, -0.25) is 9.89 Å². The van der Waals surface area contributed by atoms with Crippen molar-refractivity contribution in [3.8, 4) is 0 Å². The van der Waals surface area contributed by atoms with Gasteiger partial charge in [0.25, 0.3) is 0 Å². The van der Waals surface area contributed by atoms with Gasteiger partial charge in [0.1, 0.15) is 5.76 Å². The van der Waals surface area contributed by atoms with Crippen molar-refractivity contribution in [2.75, 3.05) is 26.7 Å². The highest BCUT2D eigenvalue weighted by atomic mass is 79.9. The van der Waals surface area contributed by atoms with E-state index in [2.05, 4.69) is 54.0 Å².